The third-order valence-corrected chi connectivity index (χ3v) is 6.23. The van der Waals surface area contributed by atoms with Crippen LogP contribution in [0.15, 0.2) is 83.8 Å². The van der Waals surface area contributed by atoms with E-state index in [9.17, 15) is 18.0 Å². The highest BCUT2D eigenvalue weighted by atomic mass is 32.2. The SMILES string of the molecule is CCOc1ccc(S(=O)(=O)Nc2ccccc2C(=O)OCC(=O)N(CC)c2ccccc2)cc1. The number of hydrogen-bond acceptors (Lipinski definition) is 6. The molecule has 9 heteroatoms. The Bertz CT molecular complexity index is 1230. The molecule has 3 rings (SSSR count). The number of ether oxygens (including phenoxy) is 2. The summed E-state index contributed by atoms with van der Waals surface area (Å²) in [4.78, 5) is 26.8. The van der Waals surface area contributed by atoms with Gasteiger partial charge in [-0.05, 0) is 62.4 Å². The summed E-state index contributed by atoms with van der Waals surface area (Å²) in [7, 11) is -3.97. The average molecular weight is 483 g/mol. The lowest BCUT2D eigenvalue weighted by molar-refractivity contribution is -0.121. The van der Waals surface area contributed by atoms with Gasteiger partial charge in [-0.2, -0.15) is 0 Å². The normalized spacial score (nSPS) is 10.9. The van der Waals surface area contributed by atoms with E-state index >= 15 is 0 Å². The molecule has 0 fully saturated rings. The zero-order chi connectivity index (χ0) is 24.6. The minimum absolute atomic E-state index is 0.00688. The van der Waals surface area contributed by atoms with Gasteiger partial charge in [-0.25, -0.2) is 13.2 Å². The smallest absolute Gasteiger partial charge is 0.340 e. The fraction of sp³-hybridized carbons (Fsp3) is 0.200. The summed E-state index contributed by atoms with van der Waals surface area (Å²) >= 11 is 0. The van der Waals surface area contributed by atoms with Crippen LogP contribution in [-0.2, 0) is 19.6 Å². The van der Waals surface area contributed by atoms with Crippen LogP contribution in [0.4, 0.5) is 11.4 Å². The molecule has 0 aliphatic carbocycles. The standard InChI is InChI=1S/C25H26N2O6S/c1-3-27(19-10-6-5-7-11-19)24(28)18-33-25(29)22-12-8-9-13-23(22)26-34(30,31)21-16-14-20(15-17-21)32-4-2/h5-17,26H,3-4,18H2,1-2H3. The number of carbonyl (C=O) groups is 2. The van der Waals surface area contributed by atoms with Crippen molar-refractivity contribution in [3.05, 3.63) is 84.4 Å². The molecule has 0 bridgehead atoms. The number of esters is 1. The number of hydrogen-bond donors (Lipinski definition) is 1. The fourth-order valence-corrected chi connectivity index (χ4v) is 4.31. The summed E-state index contributed by atoms with van der Waals surface area (Å²) in [5.74, 6) is -0.663. The van der Waals surface area contributed by atoms with Gasteiger partial charge in [-0.1, -0.05) is 30.3 Å². The predicted octanol–water partition coefficient (Wildman–Crippen LogP) is 4.10. The molecule has 3 aromatic carbocycles. The number of carbonyl (C=O) groups excluding carboxylic acids is 2. The molecule has 0 atom stereocenters. The molecule has 178 valence electrons. The highest BCUT2D eigenvalue weighted by Gasteiger charge is 2.21. The number of sulfonamides is 1. The van der Waals surface area contributed by atoms with E-state index < -0.39 is 28.5 Å². The molecule has 0 saturated carbocycles. The van der Waals surface area contributed by atoms with Crippen LogP contribution < -0.4 is 14.4 Å². The largest absolute Gasteiger partial charge is 0.494 e. The van der Waals surface area contributed by atoms with Gasteiger partial charge in [0.25, 0.3) is 15.9 Å². The Balaban J connectivity index is 1.71. The van der Waals surface area contributed by atoms with Crippen LogP contribution in [0.1, 0.15) is 24.2 Å². The number of likely N-dealkylation sites (N-methyl/N-ethyl adjacent to an activating group) is 1. The molecule has 0 aromatic heterocycles. The summed E-state index contributed by atoms with van der Waals surface area (Å²) in [6.07, 6.45) is 0. The second-order valence-corrected chi connectivity index (χ2v) is 8.79. The van der Waals surface area contributed by atoms with Gasteiger partial charge in [0.2, 0.25) is 0 Å². The van der Waals surface area contributed by atoms with Crippen molar-refractivity contribution < 1.29 is 27.5 Å². The first kappa shape index (κ1) is 24.8. The van der Waals surface area contributed by atoms with Crippen molar-refractivity contribution in [1.29, 1.82) is 0 Å². The first-order valence-electron chi connectivity index (χ1n) is 10.7. The van der Waals surface area contributed by atoms with Gasteiger partial charge in [0, 0.05) is 12.2 Å². The maximum Gasteiger partial charge on any atom is 0.340 e. The van der Waals surface area contributed by atoms with Crippen LogP contribution in [-0.4, -0.2) is 40.1 Å². The summed E-state index contributed by atoms with van der Waals surface area (Å²) in [5.41, 5.74) is 0.728. The van der Waals surface area contributed by atoms with Gasteiger partial charge in [-0.3, -0.25) is 9.52 Å². The molecular formula is C25H26N2O6S. The maximum atomic E-state index is 12.8. The molecule has 8 nitrogen and oxygen atoms in total. The summed E-state index contributed by atoms with van der Waals surface area (Å²) in [6, 6.07) is 21.0. The minimum Gasteiger partial charge on any atom is -0.494 e. The molecule has 0 saturated heterocycles. The molecule has 34 heavy (non-hydrogen) atoms. The van der Waals surface area contributed by atoms with E-state index in [0.717, 1.165) is 0 Å². The molecular weight excluding hydrogens is 456 g/mol. The lowest BCUT2D eigenvalue weighted by Gasteiger charge is -2.21. The summed E-state index contributed by atoms with van der Waals surface area (Å²) < 4.78 is 38.6. The van der Waals surface area contributed by atoms with E-state index in [1.54, 1.807) is 36.4 Å². The lowest BCUT2D eigenvalue weighted by Crippen LogP contribution is -2.34. The quantitative estimate of drug-likeness (QED) is 0.437. The number of nitrogens with one attached hydrogen (secondary N) is 1. The van der Waals surface area contributed by atoms with Crippen molar-refractivity contribution in [1.82, 2.24) is 0 Å². The molecule has 1 amide bonds. The molecule has 0 unspecified atom stereocenters. The van der Waals surface area contributed by atoms with E-state index in [1.165, 1.54) is 29.2 Å². The summed E-state index contributed by atoms with van der Waals surface area (Å²) in [5, 5.41) is 0. The van der Waals surface area contributed by atoms with E-state index in [-0.39, 0.29) is 16.1 Å². The Morgan fingerprint density at radius 2 is 1.53 bits per heavy atom. The van der Waals surface area contributed by atoms with Gasteiger partial charge in [0.05, 0.1) is 22.8 Å². The monoisotopic (exact) mass is 482 g/mol. The molecule has 0 radical (unpaired) electrons. The molecule has 1 N–H and O–H groups in total. The number of para-hydroxylation sites is 2. The average Bonchev–Trinajstić information content (AvgIpc) is 2.84. The minimum atomic E-state index is -3.97. The second-order valence-electron chi connectivity index (χ2n) is 7.11. The molecule has 0 heterocycles. The van der Waals surface area contributed by atoms with Gasteiger partial charge in [-0.15, -0.1) is 0 Å². The van der Waals surface area contributed by atoms with Crippen molar-refractivity contribution in [3.63, 3.8) is 0 Å². The van der Waals surface area contributed by atoms with Crippen LogP contribution >= 0.6 is 0 Å². The van der Waals surface area contributed by atoms with Crippen molar-refractivity contribution in [2.75, 3.05) is 29.4 Å². The van der Waals surface area contributed by atoms with Crippen LogP contribution in [0.2, 0.25) is 0 Å². The topological polar surface area (TPSA) is 102 Å². The Morgan fingerprint density at radius 3 is 2.18 bits per heavy atom. The van der Waals surface area contributed by atoms with Crippen molar-refractivity contribution in [2.45, 2.75) is 18.7 Å². The zero-order valence-electron chi connectivity index (χ0n) is 18.9. The van der Waals surface area contributed by atoms with Crippen LogP contribution in [0.5, 0.6) is 5.75 Å². The van der Waals surface area contributed by atoms with Gasteiger partial charge in [0.1, 0.15) is 5.75 Å². The number of anilines is 2. The Morgan fingerprint density at radius 1 is 0.882 bits per heavy atom. The van der Waals surface area contributed by atoms with Crippen LogP contribution in [0.25, 0.3) is 0 Å². The van der Waals surface area contributed by atoms with E-state index in [0.29, 0.717) is 24.6 Å². The zero-order valence-corrected chi connectivity index (χ0v) is 19.7. The third-order valence-electron chi connectivity index (χ3n) is 4.85. The highest BCUT2D eigenvalue weighted by molar-refractivity contribution is 7.92. The number of amides is 1. The van der Waals surface area contributed by atoms with Gasteiger partial charge < -0.3 is 14.4 Å². The maximum absolute atomic E-state index is 12.8. The molecule has 3 aromatic rings. The van der Waals surface area contributed by atoms with Crippen LogP contribution in [0.3, 0.4) is 0 Å². The van der Waals surface area contributed by atoms with Crippen molar-refractivity contribution in [2.24, 2.45) is 0 Å². The summed E-state index contributed by atoms with van der Waals surface area (Å²) in [6.45, 7) is 4.03. The second kappa shape index (κ2) is 11.3. The number of benzene rings is 3. The Hall–Kier alpha value is -3.85. The Labute approximate surface area is 199 Å². The van der Waals surface area contributed by atoms with Crippen molar-refractivity contribution in [3.8, 4) is 5.75 Å². The van der Waals surface area contributed by atoms with Crippen LogP contribution in [0, 0.1) is 0 Å². The molecule has 0 spiro atoms. The lowest BCUT2D eigenvalue weighted by atomic mass is 10.2. The van der Waals surface area contributed by atoms with E-state index in [1.807, 2.05) is 32.0 Å². The third kappa shape index (κ3) is 6.14. The van der Waals surface area contributed by atoms with Gasteiger partial charge in [0.15, 0.2) is 6.61 Å². The number of nitrogens with zero attached hydrogens (tertiary/aromatic N) is 1. The van der Waals surface area contributed by atoms with Crippen molar-refractivity contribution >= 4 is 33.3 Å². The van der Waals surface area contributed by atoms with E-state index in [2.05, 4.69) is 4.72 Å². The highest BCUT2D eigenvalue weighted by Crippen LogP contribution is 2.23. The fourth-order valence-electron chi connectivity index (χ4n) is 3.23. The molecule has 0 aliphatic rings. The predicted molar refractivity (Wildman–Crippen MR) is 130 cm³/mol. The first-order valence-corrected chi connectivity index (χ1v) is 12.2. The van der Waals surface area contributed by atoms with Gasteiger partial charge >= 0.3 is 5.97 Å². The Kier molecular flexibility index (Phi) is 8.26. The number of rotatable bonds is 10. The molecule has 0 aliphatic heterocycles. The van der Waals surface area contributed by atoms with E-state index in [4.69, 9.17) is 9.47 Å². The first-order chi connectivity index (χ1) is 16.4.